The summed E-state index contributed by atoms with van der Waals surface area (Å²) in [6, 6.07) is 1.34. The highest BCUT2D eigenvalue weighted by Crippen LogP contribution is 2.25. The van der Waals surface area contributed by atoms with Crippen LogP contribution in [0.25, 0.3) is 0 Å². The Bertz CT molecular complexity index is 340. The van der Waals surface area contributed by atoms with Crippen LogP contribution in [0.1, 0.15) is 5.69 Å². The quantitative estimate of drug-likeness (QED) is 0.589. The second-order valence-corrected chi connectivity index (χ2v) is 3.07. The highest BCUT2D eigenvalue weighted by Gasteiger charge is 2.13. The van der Waals surface area contributed by atoms with E-state index in [1.807, 2.05) is 0 Å². The summed E-state index contributed by atoms with van der Waals surface area (Å²) >= 11 is 3.06. The van der Waals surface area contributed by atoms with Gasteiger partial charge in [0.25, 0.3) is 5.69 Å². The van der Waals surface area contributed by atoms with Crippen molar-refractivity contribution in [2.24, 2.45) is 0 Å². The van der Waals surface area contributed by atoms with Crippen molar-refractivity contribution in [3.05, 3.63) is 26.3 Å². The number of rotatable bonds is 1. The molecule has 0 amide bonds. The maximum Gasteiger partial charge on any atom is 0.291 e. The van der Waals surface area contributed by atoms with E-state index in [2.05, 4.69) is 20.9 Å². The Labute approximate surface area is 76.9 Å². The van der Waals surface area contributed by atoms with Crippen LogP contribution in [-0.2, 0) is 0 Å². The number of hydrogen-bond donors (Lipinski definition) is 1. The van der Waals surface area contributed by atoms with Gasteiger partial charge in [0.1, 0.15) is 11.5 Å². The Morgan fingerprint density at radius 1 is 1.75 bits per heavy atom. The van der Waals surface area contributed by atoms with Gasteiger partial charge in [-0.2, -0.15) is 0 Å². The fourth-order valence-corrected chi connectivity index (χ4v) is 1.08. The third-order valence-electron chi connectivity index (χ3n) is 1.36. The van der Waals surface area contributed by atoms with E-state index < -0.39 is 4.92 Å². The van der Waals surface area contributed by atoms with E-state index in [4.69, 9.17) is 5.73 Å². The molecule has 5 nitrogen and oxygen atoms in total. The van der Waals surface area contributed by atoms with Crippen molar-refractivity contribution in [3.63, 3.8) is 0 Å². The number of nitrogens with two attached hydrogens (primary N) is 1. The molecule has 0 aliphatic heterocycles. The zero-order chi connectivity index (χ0) is 9.30. The molecule has 0 radical (unpaired) electrons. The summed E-state index contributed by atoms with van der Waals surface area (Å²) in [4.78, 5) is 13.7. The van der Waals surface area contributed by atoms with E-state index in [9.17, 15) is 10.1 Å². The number of aromatic nitrogens is 1. The summed E-state index contributed by atoms with van der Waals surface area (Å²) in [5.74, 6) is 0.262. The van der Waals surface area contributed by atoms with Crippen molar-refractivity contribution in [2.45, 2.75) is 6.92 Å². The van der Waals surface area contributed by atoms with Gasteiger partial charge in [-0.05, 0) is 22.9 Å². The van der Waals surface area contributed by atoms with E-state index in [1.54, 1.807) is 6.92 Å². The van der Waals surface area contributed by atoms with Crippen LogP contribution < -0.4 is 5.73 Å². The van der Waals surface area contributed by atoms with E-state index in [1.165, 1.54) is 6.07 Å². The standard InChI is InChI=1S/C6H6BrN3O2/c1-3-5(10(11)12)2-4(7)6(8)9-3/h2H,1H3,(H2,8,9). The Morgan fingerprint density at radius 2 is 2.33 bits per heavy atom. The average Bonchev–Trinajstić information content (AvgIpc) is 1.96. The van der Waals surface area contributed by atoms with Crippen LogP contribution in [0.5, 0.6) is 0 Å². The molecule has 0 fully saturated rings. The molecule has 12 heavy (non-hydrogen) atoms. The monoisotopic (exact) mass is 231 g/mol. The Balaban J connectivity index is 3.33. The third-order valence-corrected chi connectivity index (χ3v) is 2.00. The van der Waals surface area contributed by atoms with Crippen molar-refractivity contribution in [2.75, 3.05) is 5.73 Å². The summed E-state index contributed by atoms with van der Waals surface area (Å²) in [5.41, 5.74) is 5.70. The largest absolute Gasteiger partial charge is 0.383 e. The predicted octanol–water partition coefficient (Wildman–Crippen LogP) is 1.64. The van der Waals surface area contributed by atoms with Gasteiger partial charge in [0.15, 0.2) is 0 Å². The third kappa shape index (κ3) is 1.53. The molecule has 1 heterocycles. The van der Waals surface area contributed by atoms with Crippen molar-refractivity contribution in [1.29, 1.82) is 0 Å². The number of pyridine rings is 1. The first kappa shape index (κ1) is 8.92. The molecule has 1 aromatic heterocycles. The zero-order valence-electron chi connectivity index (χ0n) is 6.24. The summed E-state index contributed by atoms with van der Waals surface area (Å²) < 4.78 is 0.444. The van der Waals surface area contributed by atoms with Gasteiger partial charge in [-0.3, -0.25) is 10.1 Å². The predicted molar refractivity (Wildman–Crippen MR) is 47.7 cm³/mol. The van der Waals surface area contributed by atoms with Gasteiger partial charge in [-0.15, -0.1) is 0 Å². The van der Waals surface area contributed by atoms with Crippen LogP contribution in [0.3, 0.4) is 0 Å². The van der Waals surface area contributed by atoms with Gasteiger partial charge in [0, 0.05) is 6.07 Å². The molecule has 1 rings (SSSR count). The number of nitro groups is 1. The fourth-order valence-electron chi connectivity index (χ4n) is 0.775. The molecular formula is C6H6BrN3O2. The second-order valence-electron chi connectivity index (χ2n) is 2.22. The van der Waals surface area contributed by atoms with Crippen molar-refractivity contribution in [1.82, 2.24) is 4.98 Å². The minimum absolute atomic E-state index is 0.0314. The number of halogens is 1. The Hall–Kier alpha value is -1.17. The zero-order valence-corrected chi connectivity index (χ0v) is 7.83. The minimum Gasteiger partial charge on any atom is -0.383 e. The molecule has 0 aliphatic carbocycles. The molecule has 0 saturated heterocycles. The molecule has 0 spiro atoms. The van der Waals surface area contributed by atoms with Gasteiger partial charge in [-0.25, -0.2) is 4.98 Å². The second kappa shape index (κ2) is 3.06. The molecule has 0 atom stereocenters. The lowest BCUT2D eigenvalue weighted by atomic mass is 10.3. The Kier molecular flexibility index (Phi) is 2.27. The molecule has 0 aromatic carbocycles. The minimum atomic E-state index is -0.494. The molecule has 6 heteroatoms. The number of nitrogens with zero attached hydrogens (tertiary/aromatic N) is 2. The highest BCUT2D eigenvalue weighted by atomic mass is 79.9. The number of anilines is 1. The lowest BCUT2D eigenvalue weighted by Crippen LogP contribution is -1.98. The fraction of sp³-hybridized carbons (Fsp3) is 0.167. The van der Waals surface area contributed by atoms with Crippen LogP contribution >= 0.6 is 15.9 Å². The number of hydrogen-bond acceptors (Lipinski definition) is 4. The van der Waals surface area contributed by atoms with Gasteiger partial charge in [0.2, 0.25) is 0 Å². The lowest BCUT2D eigenvalue weighted by molar-refractivity contribution is -0.385. The van der Waals surface area contributed by atoms with Crippen LogP contribution in [-0.4, -0.2) is 9.91 Å². The van der Waals surface area contributed by atoms with Crippen molar-refractivity contribution >= 4 is 27.4 Å². The summed E-state index contributed by atoms with van der Waals surface area (Å²) in [7, 11) is 0. The summed E-state index contributed by atoms with van der Waals surface area (Å²) in [5, 5.41) is 10.4. The normalized spacial score (nSPS) is 9.83. The van der Waals surface area contributed by atoms with Crippen LogP contribution in [0, 0.1) is 17.0 Å². The number of nitrogen functional groups attached to an aromatic ring is 1. The van der Waals surface area contributed by atoms with Gasteiger partial charge in [-0.1, -0.05) is 0 Å². The van der Waals surface area contributed by atoms with Crippen LogP contribution in [0.4, 0.5) is 11.5 Å². The van der Waals surface area contributed by atoms with Crippen molar-refractivity contribution in [3.8, 4) is 0 Å². The summed E-state index contributed by atoms with van der Waals surface area (Å²) in [6.45, 7) is 1.54. The van der Waals surface area contributed by atoms with E-state index in [-0.39, 0.29) is 11.5 Å². The van der Waals surface area contributed by atoms with Crippen LogP contribution in [0.2, 0.25) is 0 Å². The number of aryl methyl sites for hydroxylation is 1. The molecule has 0 bridgehead atoms. The lowest BCUT2D eigenvalue weighted by Gasteiger charge is -1.99. The molecule has 1 aromatic rings. The first-order valence-corrected chi connectivity index (χ1v) is 3.88. The molecular weight excluding hydrogens is 226 g/mol. The first-order chi connectivity index (χ1) is 5.52. The van der Waals surface area contributed by atoms with E-state index in [0.29, 0.717) is 10.2 Å². The smallest absolute Gasteiger partial charge is 0.291 e. The Morgan fingerprint density at radius 3 is 2.83 bits per heavy atom. The average molecular weight is 232 g/mol. The van der Waals surface area contributed by atoms with Gasteiger partial charge < -0.3 is 5.73 Å². The van der Waals surface area contributed by atoms with E-state index >= 15 is 0 Å². The molecule has 2 N–H and O–H groups in total. The first-order valence-electron chi connectivity index (χ1n) is 3.09. The SMILES string of the molecule is Cc1nc(N)c(Br)cc1[N+](=O)[O-]. The topological polar surface area (TPSA) is 82.0 Å². The van der Waals surface area contributed by atoms with E-state index in [0.717, 1.165) is 0 Å². The molecule has 64 valence electrons. The summed E-state index contributed by atoms with van der Waals surface area (Å²) in [6.07, 6.45) is 0. The maximum absolute atomic E-state index is 10.4. The molecule has 0 saturated carbocycles. The van der Waals surface area contributed by atoms with Gasteiger partial charge >= 0.3 is 0 Å². The maximum atomic E-state index is 10.4. The van der Waals surface area contributed by atoms with Gasteiger partial charge in [0.05, 0.1) is 9.40 Å². The van der Waals surface area contributed by atoms with Crippen molar-refractivity contribution < 1.29 is 4.92 Å². The highest BCUT2D eigenvalue weighted by molar-refractivity contribution is 9.10. The molecule has 0 unspecified atom stereocenters. The molecule has 0 aliphatic rings. The van der Waals surface area contributed by atoms with Crippen LogP contribution in [0.15, 0.2) is 10.5 Å².